The van der Waals surface area contributed by atoms with E-state index in [0.29, 0.717) is 12.4 Å². The minimum absolute atomic E-state index is 0.283. The van der Waals surface area contributed by atoms with Crippen LogP contribution in [-0.4, -0.2) is 23.6 Å². The SMILES string of the molecule is CCOC(=O)C(C)Nc1ccc(N)nc1. The molecule has 0 aliphatic carbocycles. The van der Waals surface area contributed by atoms with Gasteiger partial charge in [0, 0.05) is 0 Å². The summed E-state index contributed by atoms with van der Waals surface area (Å²) in [6.45, 7) is 3.88. The molecular weight excluding hydrogens is 194 g/mol. The van der Waals surface area contributed by atoms with E-state index in [-0.39, 0.29) is 5.97 Å². The number of aromatic nitrogens is 1. The molecule has 0 radical (unpaired) electrons. The van der Waals surface area contributed by atoms with Gasteiger partial charge in [-0.25, -0.2) is 9.78 Å². The number of nitrogens with zero attached hydrogens (tertiary/aromatic N) is 1. The quantitative estimate of drug-likeness (QED) is 0.724. The fourth-order valence-corrected chi connectivity index (χ4v) is 1.07. The highest BCUT2D eigenvalue weighted by molar-refractivity contribution is 5.78. The smallest absolute Gasteiger partial charge is 0.328 e. The van der Waals surface area contributed by atoms with Crippen molar-refractivity contribution in [3.8, 4) is 0 Å². The lowest BCUT2D eigenvalue weighted by molar-refractivity contribution is -0.143. The van der Waals surface area contributed by atoms with E-state index in [2.05, 4.69) is 10.3 Å². The summed E-state index contributed by atoms with van der Waals surface area (Å²) < 4.78 is 4.85. The molecule has 1 atom stereocenters. The van der Waals surface area contributed by atoms with Crippen molar-refractivity contribution in [1.82, 2.24) is 4.98 Å². The highest BCUT2D eigenvalue weighted by atomic mass is 16.5. The molecule has 82 valence electrons. The summed E-state index contributed by atoms with van der Waals surface area (Å²) in [6.07, 6.45) is 1.57. The highest BCUT2D eigenvalue weighted by Crippen LogP contribution is 2.08. The Kier molecular flexibility index (Phi) is 3.91. The summed E-state index contributed by atoms with van der Waals surface area (Å²) >= 11 is 0. The maximum absolute atomic E-state index is 11.3. The number of anilines is 2. The van der Waals surface area contributed by atoms with Crippen molar-refractivity contribution in [3.05, 3.63) is 18.3 Å². The molecule has 0 amide bonds. The van der Waals surface area contributed by atoms with Crippen molar-refractivity contribution in [2.45, 2.75) is 19.9 Å². The zero-order chi connectivity index (χ0) is 11.3. The van der Waals surface area contributed by atoms with Gasteiger partial charge in [0.05, 0.1) is 18.5 Å². The summed E-state index contributed by atoms with van der Waals surface area (Å²) in [5, 5.41) is 2.96. The first-order valence-corrected chi connectivity index (χ1v) is 4.78. The monoisotopic (exact) mass is 209 g/mol. The van der Waals surface area contributed by atoms with Gasteiger partial charge in [-0.05, 0) is 26.0 Å². The van der Waals surface area contributed by atoms with Crippen LogP contribution in [0.5, 0.6) is 0 Å². The third-order valence-corrected chi connectivity index (χ3v) is 1.81. The number of hydrogen-bond acceptors (Lipinski definition) is 5. The Balaban J connectivity index is 2.54. The molecule has 1 aromatic heterocycles. The predicted molar refractivity (Wildman–Crippen MR) is 58.4 cm³/mol. The first-order chi connectivity index (χ1) is 7.13. The number of esters is 1. The number of nitrogens with one attached hydrogen (secondary N) is 1. The molecule has 1 aromatic rings. The molecule has 0 bridgehead atoms. The first-order valence-electron chi connectivity index (χ1n) is 4.78. The molecule has 1 unspecified atom stereocenters. The van der Waals surface area contributed by atoms with Crippen molar-refractivity contribution < 1.29 is 9.53 Å². The Morgan fingerprint density at radius 3 is 2.93 bits per heavy atom. The number of nitrogens with two attached hydrogens (primary N) is 1. The van der Waals surface area contributed by atoms with Crippen LogP contribution in [0.3, 0.4) is 0 Å². The van der Waals surface area contributed by atoms with Gasteiger partial charge in [0.15, 0.2) is 0 Å². The van der Waals surface area contributed by atoms with Gasteiger partial charge in [-0.3, -0.25) is 0 Å². The summed E-state index contributed by atoms with van der Waals surface area (Å²) in [5.41, 5.74) is 6.17. The fourth-order valence-electron chi connectivity index (χ4n) is 1.07. The average molecular weight is 209 g/mol. The number of hydrogen-bond donors (Lipinski definition) is 2. The van der Waals surface area contributed by atoms with Gasteiger partial charge < -0.3 is 15.8 Å². The molecule has 5 heteroatoms. The van der Waals surface area contributed by atoms with Crippen LogP contribution in [-0.2, 0) is 9.53 Å². The maximum atomic E-state index is 11.3. The second-order valence-electron chi connectivity index (χ2n) is 3.09. The van der Waals surface area contributed by atoms with Crippen LogP contribution in [0, 0.1) is 0 Å². The number of ether oxygens (including phenoxy) is 1. The molecule has 5 nitrogen and oxygen atoms in total. The molecule has 1 rings (SSSR count). The number of rotatable bonds is 4. The number of pyridine rings is 1. The largest absolute Gasteiger partial charge is 0.464 e. The Bertz CT molecular complexity index is 324. The molecule has 0 saturated heterocycles. The predicted octanol–water partition coefficient (Wildman–Crippen LogP) is 1.03. The van der Waals surface area contributed by atoms with Crippen LogP contribution in [0.2, 0.25) is 0 Å². The third-order valence-electron chi connectivity index (χ3n) is 1.81. The molecule has 0 fully saturated rings. The third kappa shape index (κ3) is 3.46. The summed E-state index contributed by atoms with van der Waals surface area (Å²) in [7, 11) is 0. The molecule has 0 saturated carbocycles. The molecule has 1 heterocycles. The number of nitrogen functional groups attached to an aromatic ring is 1. The molecule has 0 spiro atoms. The van der Waals surface area contributed by atoms with Crippen molar-refractivity contribution in [2.24, 2.45) is 0 Å². The molecular formula is C10H15N3O2. The van der Waals surface area contributed by atoms with Crippen LogP contribution >= 0.6 is 0 Å². The maximum Gasteiger partial charge on any atom is 0.328 e. The number of carbonyl (C=O) groups excluding carboxylic acids is 1. The van der Waals surface area contributed by atoms with Crippen molar-refractivity contribution >= 4 is 17.5 Å². The second kappa shape index (κ2) is 5.19. The summed E-state index contributed by atoms with van der Waals surface area (Å²) in [4.78, 5) is 15.2. The zero-order valence-corrected chi connectivity index (χ0v) is 8.86. The van der Waals surface area contributed by atoms with Crippen LogP contribution in [0.4, 0.5) is 11.5 Å². The van der Waals surface area contributed by atoms with Crippen molar-refractivity contribution in [3.63, 3.8) is 0 Å². The topological polar surface area (TPSA) is 77.2 Å². The van der Waals surface area contributed by atoms with Gasteiger partial charge >= 0.3 is 5.97 Å². The van der Waals surface area contributed by atoms with Gasteiger partial charge in [-0.15, -0.1) is 0 Å². The van der Waals surface area contributed by atoms with E-state index < -0.39 is 6.04 Å². The van der Waals surface area contributed by atoms with E-state index in [4.69, 9.17) is 10.5 Å². The van der Waals surface area contributed by atoms with Crippen LogP contribution < -0.4 is 11.1 Å². The lowest BCUT2D eigenvalue weighted by Crippen LogP contribution is -2.28. The first kappa shape index (κ1) is 11.3. The summed E-state index contributed by atoms with van der Waals surface area (Å²) in [6, 6.07) is 3.04. The Morgan fingerprint density at radius 2 is 2.40 bits per heavy atom. The van der Waals surface area contributed by atoms with Crippen molar-refractivity contribution in [1.29, 1.82) is 0 Å². The zero-order valence-electron chi connectivity index (χ0n) is 8.86. The Morgan fingerprint density at radius 1 is 1.67 bits per heavy atom. The van der Waals surface area contributed by atoms with Crippen LogP contribution in [0.15, 0.2) is 18.3 Å². The molecule has 0 aliphatic rings. The van der Waals surface area contributed by atoms with E-state index in [1.54, 1.807) is 32.2 Å². The highest BCUT2D eigenvalue weighted by Gasteiger charge is 2.12. The van der Waals surface area contributed by atoms with Gasteiger partial charge in [-0.2, -0.15) is 0 Å². The van der Waals surface area contributed by atoms with Crippen molar-refractivity contribution in [2.75, 3.05) is 17.7 Å². The standard InChI is InChI=1S/C10H15N3O2/c1-3-15-10(14)7(2)13-8-4-5-9(11)12-6-8/h4-7,13H,3H2,1-2H3,(H2,11,12). The fraction of sp³-hybridized carbons (Fsp3) is 0.400. The van der Waals surface area contributed by atoms with E-state index in [1.165, 1.54) is 0 Å². The van der Waals surface area contributed by atoms with Gasteiger partial charge in [0.1, 0.15) is 11.9 Å². The minimum Gasteiger partial charge on any atom is -0.464 e. The average Bonchev–Trinajstić information content (AvgIpc) is 2.22. The Labute approximate surface area is 88.6 Å². The molecule has 15 heavy (non-hydrogen) atoms. The van der Waals surface area contributed by atoms with Gasteiger partial charge in [0.2, 0.25) is 0 Å². The van der Waals surface area contributed by atoms with Crippen LogP contribution in [0.25, 0.3) is 0 Å². The van der Waals surface area contributed by atoms with Gasteiger partial charge in [-0.1, -0.05) is 0 Å². The second-order valence-corrected chi connectivity index (χ2v) is 3.09. The lowest BCUT2D eigenvalue weighted by Gasteiger charge is -2.13. The lowest BCUT2D eigenvalue weighted by atomic mass is 10.3. The van der Waals surface area contributed by atoms with Crippen LogP contribution in [0.1, 0.15) is 13.8 Å². The number of carbonyl (C=O) groups is 1. The molecule has 3 N–H and O–H groups in total. The van der Waals surface area contributed by atoms with E-state index in [0.717, 1.165) is 5.69 Å². The van der Waals surface area contributed by atoms with E-state index in [9.17, 15) is 4.79 Å². The minimum atomic E-state index is -0.393. The Hall–Kier alpha value is -1.78. The molecule has 0 aromatic carbocycles. The van der Waals surface area contributed by atoms with E-state index >= 15 is 0 Å². The molecule has 0 aliphatic heterocycles. The van der Waals surface area contributed by atoms with Gasteiger partial charge in [0.25, 0.3) is 0 Å². The summed E-state index contributed by atoms with van der Waals surface area (Å²) in [5.74, 6) is 0.165. The van der Waals surface area contributed by atoms with E-state index in [1.807, 2.05) is 0 Å². The normalized spacial score (nSPS) is 11.9.